The van der Waals surface area contributed by atoms with Gasteiger partial charge in [0.1, 0.15) is 5.60 Å². The Labute approximate surface area is 165 Å². The molecule has 1 aliphatic rings. The van der Waals surface area contributed by atoms with E-state index in [1.807, 2.05) is 39.6 Å². The van der Waals surface area contributed by atoms with E-state index in [1.165, 1.54) is 25.7 Å². The van der Waals surface area contributed by atoms with Crippen molar-refractivity contribution in [3.63, 3.8) is 0 Å². The van der Waals surface area contributed by atoms with Gasteiger partial charge < -0.3 is 14.2 Å². The highest BCUT2D eigenvalue weighted by molar-refractivity contribution is 7.99. The van der Waals surface area contributed by atoms with Gasteiger partial charge in [0.15, 0.2) is 0 Å². The summed E-state index contributed by atoms with van der Waals surface area (Å²) in [6.07, 6.45) is 6.28. The SMILES string of the molecule is COC1CCC(COCCCSCC(C(=O)OC(C)(C)C)C(C)C)CC1. The van der Waals surface area contributed by atoms with Gasteiger partial charge in [-0.2, -0.15) is 11.8 Å². The molecule has 5 heteroatoms. The summed E-state index contributed by atoms with van der Waals surface area (Å²) in [4.78, 5) is 12.3. The molecule has 154 valence electrons. The van der Waals surface area contributed by atoms with Crippen LogP contribution in [0.25, 0.3) is 0 Å². The summed E-state index contributed by atoms with van der Waals surface area (Å²) >= 11 is 1.84. The third-order valence-corrected chi connectivity index (χ3v) is 6.04. The Morgan fingerprint density at radius 2 is 1.81 bits per heavy atom. The largest absolute Gasteiger partial charge is 0.460 e. The zero-order chi connectivity index (χ0) is 19.6. The molecule has 1 saturated carbocycles. The van der Waals surface area contributed by atoms with Crippen molar-refractivity contribution < 1.29 is 19.0 Å². The van der Waals surface area contributed by atoms with E-state index in [9.17, 15) is 4.79 Å². The monoisotopic (exact) mass is 388 g/mol. The zero-order valence-corrected chi connectivity index (χ0v) is 18.5. The van der Waals surface area contributed by atoms with E-state index in [1.54, 1.807) is 0 Å². The van der Waals surface area contributed by atoms with Gasteiger partial charge in [-0.3, -0.25) is 4.79 Å². The van der Waals surface area contributed by atoms with Crippen LogP contribution in [0.15, 0.2) is 0 Å². The lowest BCUT2D eigenvalue weighted by atomic mass is 9.88. The van der Waals surface area contributed by atoms with Gasteiger partial charge in [-0.1, -0.05) is 13.8 Å². The third kappa shape index (κ3) is 10.2. The van der Waals surface area contributed by atoms with Crippen molar-refractivity contribution in [2.24, 2.45) is 17.8 Å². The second-order valence-electron chi connectivity index (χ2n) is 8.77. The lowest BCUT2D eigenvalue weighted by Crippen LogP contribution is -2.32. The fraction of sp³-hybridized carbons (Fsp3) is 0.952. The maximum absolute atomic E-state index is 12.3. The van der Waals surface area contributed by atoms with Crippen molar-refractivity contribution in [2.75, 3.05) is 31.8 Å². The topological polar surface area (TPSA) is 44.8 Å². The van der Waals surface area contributed by atoms with Crippen LogP contribution in [-0.4, -0.2) is 49.5 Å². The van der Waals surface area contributed by atoms with Crippen LogP contribution >= 0.6 is 11.8 Å². The number of hydrogen-bond donors (Lipinski definition) is 0. The van der Waals surface area contributed by atoms with E-state index >= 15 is 0 Å². The van der Waals surface area contributed by atoms with Crippen LogP contribution in [0.5, 0.6) is 0 Å². The smallest absolute Gasteiger partial charge is 0.310 e. The average molecular weight is 389 g/mol. The minimum absolute atomic E-state index is 0.0314. The molecule has 0 aromatic carbocycles. The van der Waals surface area contributed by atoms with Crippen molar-refractivity contribution in [3.8, 4) is 0 Å². The van der Waals surface area contributed by atoms with Crippen LogP contribution in [0, 0.1) is 17.8 Å². The number of rotatable bonds is 11. The highest BCUT2D eigenvalue weighted by Gasteiger charge is 2.27. The van der Waals surface area contributed by atoms with E-state index in [-0.39, 0.29) is 11.9 Å². The summed E-state index contributed by atoms with van der Waals surface area (Å²) < 4.78 is 16.8. The maximum Gasteiger partial charge on any atom is 0.310 e. The van der Waals surface area contributed by atoms with Gasteiger partial charge in [0.25, 0.3) is 0 Å². The molecule has 0 aromatic rings. The van der Waals surface area contributed by atoms with Crippen LogP contribution < -0.4 is 0 Å². The van der Waals surface area contributed by atoms with Crippen molar-refractivity contribution in [2.45, 2.75) is 78.4 Å². The number of methoxy groups -OCH3 is 1. The molecule has 1 unspecified atom stereocenters. The van der Waals surface area contributed by atoms with Crippen molar-refractivity contribution in [1.29, 1.82) is 0 Å². The van der Waals surface area contributed by atoms with Crippen LogP contribution in [-0.2, 0) is 19.0 Å². The minimum Gasteiger partial charge on any atom is -0.460 e. The molecule has 0 spiro atoms. The van der Waals surface area contributed by atoms with Gasteiger partial charge in [0.05, 0.1) is 12.0 Å². The molecule has 0 amide bonds. The first-order valence-corrected chi connectivity index (χ1v) is 11.3. The predicted molar refractivity (Wildman–Crippen MR) is 110 cm³/mol. The summed E-state index contributed by atoms with van der Waals surface area (Å²) in [7, 11) is 1.81. The number of esters is 1. The van der Waals surface area contributed by atoms with Crippen LogP contribution in [0.2, 0.25) is 0 Å². The molecule has 0 N–H and O–H groups in total. The second kappa shape index (κ2) is 12.2. The first-order valence-electron chi connectivity index (χ1n) is 10.1. The molecule has 4 nitrogen and oxygen atoms in total. The van der Waals surface area contributed by atoms with Crippen LogP contribution in [0.4, 0.5) is 0 Å². The highest BCUT2D eigenvalue weighted by atomic mass is 32.2. The Balaban J connectivity index is 2.10. The minimum atomic E-state index is -0.412. The summed E-state index contributed by atoms with van der Waals surface area (Å²) in [5, 5.41) is 0. The van der Waals surface area contributed by atoms with Crippen LogP contribution in [0.1, 0.15) is 66.7 Å². The normalized spacial score (nSPS) is 22.4. The number of ether oxygens (including phenoxy) is 3. The first-order chi connectivity index (χ1) is 12.2. The Kier molecular flexibility index (Phi) is 11.2. The molecule has 0 bridgehead atoms. The number of hydrogen-bond acceptors (Lipinski definition) is 5. The van der Waals surface area contributed by atoms with E-state index in [0.29, 0.717) is 17.9 Å². The van der Waals surface area contributed by atoms with E-state index in [2.05, 4.69) is 13.8 Å². The summed E-state index contributed by atoms with van der Waals surface area (Å²) in [6, 6.07) is 0. The molecule has 0 heterocycles. The fourth-order valence-corrected chi connectivity index (χ4v) is 4.43. The number of carbonyl (C=O) groups is 1. The van der Waals surface area contributed by atoms with E-state index in [0.717, 1.165) is 31.1 Å². The van der Waals surface area contributed by atoms with Gasteiger partial charge in [-0.25, -0.2) is 0 Å². The molecule has 0 aromatic heterocycles. The molecular formula is C21H40O4S. The highest BCUT2D eigenvalue weighted by Crippen LogP contribution is 2.26. The third-order valence-electron chi connectivity index (χ3n) is 4.87. The molecule has 0 saturated heterocycles. The van der Waals surface area contributed by atoms with Gasteiger partial charge in [-0.05, 0) is 70.5 Å². The predicted octanol–water partition coefficient (Wildman–Crippen LogP) is 4.95. The molecule has 1 fully saturated rings. The second-order valence-corrected chi connectivity index (χ2v) is 9.92. The summed E-state index contributed by atoms with van der Waals surface area (Å²) in [5.74, 6) is 2.76. The summed E-state index contributed by atoms with van der Waals surface area (Å²) in [6.45, 7) is 11.7. The number of thioether (sulfide) groups is 1. The quantitative estimate of drug-likeness (QED) is 0.370. The van der Waals surface area contributed by atoms with E-state index < -0.39 is 5.60 Å². The molecule has 1 aliphatic carbocycles. The van der Waals surface area contributed by atoms with Gasteiger partial charge in [-0.15, -0.1) is 0 Å². The Hall–Kier alpha value is -0.260. The fourth-order valence-electron chi connectivity index (χ4n) is 3.17. The maximum atomic E-state index is 12.3. The van der Waals surface area contributed by atoms with Crippen molar-refractivity contribution >= 4 is 17.7 Å². The standard InChI is InChI=1S/C21H40O4S/c1-16(2)19(20(22)25-21(3,4)5)15-26-13-7-12-24-14-17-8-10-18(23-6)11-9-17/h16-19H,7-15H2,1-6H3. The zero-order valence-electron chi connectivity index (χ0n) is 17.7. The lowest BCUT2D eigenvalue weighted by molar-refractivity contribution is -0.160. The van der Waals surface area contributed by atoms with Gasteiger partial charge in [0.2, 0.25) is 0 Å². The lowest BCUT2D eigenvalue weighted by Gasteiger charge is -2.27. The molecule has 1 atom stereocenters. The molecule has 0 radical (unpaired) electrons. The number of carbonyl (C=O) groups excluding carboxylic acids is 1. The molecule has 0 aliphatic heterocycles. The molecule has 1 rings (SSSR count). The summed E-state index contributed by atoms with van der Waals surface area (Å²) in [5.41, 5.74) is -0.412. The first kappa shape index (κ1) is 23.8. The van der Waals surface area contributed by atoms with Crippen molar-refractivity contribution in [1.82, 2.24) is 0 Å². The van der Waals surface area contributed by atoms with Crippen LogP contribution in [0.3, 0.4) is 0 Å². The van der Waals surface area contributed by atoms with Crippen molar-refractivity contribution in [3.05, 3.63) is 0 Å². The Morgan fingerprint density at radius 1 is 1.15 bits per heavy atom. The molecular weight excluding hydrogens is 348 g/mol. The Bertz CT molecular complexity index is 384. The molecule has 26 heavy (non-hydrogen) atoms. The Morgan fingerprint density at radius 3 is 2.35 bits per heavy atom. The van der Waals surface area contributed by atoms with E-state index in [4.69, 9.17) is 14.2 Å². The van der Waals surface area contributed by atoms with Gasteiger partial charge >= 0.3 is 5.97 Å². The average Bonchev–Trinajstić information content (AvgIpc) is 2.55. The van der Waals surface area contributed by atoms with Gasteiger partial charge in [0, 0.05) is 26.1 Å².